The molecular formula is C9H11N3O2S. The second-order valence-electron chi connectivity index (χ2n) is 3.18. The van der Waals surface area contributed by atoms with Crippen molar-refractivity contribution < 1.29 is 8.42 Å². The van der Waals surface area contributed by atoms with Crippen molar-refractivity contribution in [3.05, 3.63) is 23.8 Å². The van der Waals surface area contributed by atoms with Crippen LogP contribution in [0.15, 0.2) is 12.3 Å². The molecule has 0 aliphatic heterocycles. The standard InChI is InChI=1S/C9H11N3O2S/c1-15(13,14)7-4-9-11-6-3-8(12-9)2-5-10/h3,6H,2,4,7H2,1H3. The molecule has 0 saturated heterocycles. The van der Waals surface area contributed by atoms with Gasteiger partial charge in [0.2, 0.25) is 0 Å². The van der Waals surface area contributed by atoms with Crippen molar-refractivity contribution in [1.82, 2.24) is 9.97 Å². The van der Waals surface area contributed by atoms with E-state index in [1.165, 1.54) is 12.5 Å². The summed E-state index contributed by atoms with van der Waals surface area (Å²) in [6, 6.07) is 3.62. The summed E-state index contributed by atoms with van der Waals surface area (Å²) >= 11 is 0. The van der Waals surface area contributed by atoms with Crippen LogP contribution in [-0.2, 0) is 22.7 Å². The lowest BCUT2D eigenvalue weighted by atomic mass is 10.3. The van der Waals surface area contributed by atoms with Gasteiger partial charge in [-0.2, -0.15) is 5.26 Å². The van der Waals surface area contributed by atoms with Gasteiger partial charge in [-0.15, -0.1) is 0 Å². The Labute approximate surface area is 88.7 Å². The van der Waals surface area contributed by atoms with Crippen molar-refractivity contribution in [2.45, 2.75) is 12.8 Å². The Hall–Kier alpha value is -1.48. The molecule has 0 amide bonds. The Kier molecular flexibility index (Phi) is 3.74. The minimum atomic E-state index is -2.99. The Morgan fingerprint density at radius 3 is 2.87 bits per heavy atom. The molecular weight excluding hydrogens is 214 g/mol. The first-order valence-corrected chi connectivity index (χ1v) is 6.43. The highest BCUT2D eigenvalue weighted by Gasteiger charge is 2.05. The van der Waals surface area contributed by atoms with E-state index in [4.69, 9.17) is 5.26 Å². The van der Waals surface area contributed by atoms with Gasteiger partial charge in [0.05, 0.1) is 23.9 Å². The molecule has 6 heteroatoms. The van der Waals surface area contributed by atoms with E-state index < -0.39 is 9.84 Å². The second-order valence-corrected chi connectivity index (χ2v) is 5.44. The van der Waals surface area contributed by atoms with Crippen LogP contribution in [-0.4, -0.2) is 30.4 Å². The summed E-state index contributed by atoms with van der Waals surface area (Å²) in [7, 11) is -2.99. The maximum atomic E-state index is 10.9. The third kappa shape index (κ3) is 4.51. The number of hydrogen-bond donors (Lipinski definition) is 0. The van der Waals surface area contributed by atoms with E-state index in [1.807, 2.05) is 6.07 Å². The number of sulfone groups is 1. The highest BCUT2D eigenvalue weighted by Crippen LogP contribution is 1.98. The number of rotatable bonds is 4. The molecule has 0 spiro atoms. The van der Waals surface area contributed by atoms with Gasteiger partial charge in [0.25, 0.3) is 0 Å². The number of nitriles is 1. The van der Waals surface area contributed by atoms with Crippen molar-refractivity contribution in [2.24, 2.45) is 0 Å². The summed E-state index contributed by atoms with van der Waals surface area (Å²) in [6.45, 7) is 0. The molecule has 0 aliphatic rings. The van der Waals surface area contributed by atoms with Crippen LogP contribution in [0.2, 0.25) is 0 Å². The predicted molar refractivity (Wildman–Crippen MR) is 54.8 cm³/mol. The zero-order valence-electron chi connectivity index (χ0n) is 8.34. The summed E-state index contributed by atoms with van der Waals surface area (Å²) in [5.74, 6) is 0.497. The minimum absolute atomic E-state index is 0.0308. The third-order valence-corrected chi connectivity index (χ3v) is 2.67. The summed E-state index contributed by atoms with van der Waals surface area (Å²) in [4.78, 5) is 8.01. The molecule has 0 fully saturated rings. The van der Waals surface area contributed by atoms with Crippen LogP contribution in [0.1, 0.15) is 11.5 Å². The Balaban J connectivity index is 2.71. The lowest BCUT2D eigenvalue weighted by Crippen LogP contribution is -2.09. The molecule has 0 radical (unpaired) electrons. The molecule has 0 saturated carbocycles. The fourth-order valence-corrected chi connectivity index (χ4v) is 1.57. The first kappa shape index (κ1) is 11.6. The van der Waals surface area contributed by atoms with E-state index >= 15 is 0 Å². The molecule has 1 aromatic rings. The fraction of sp³-hybridized carbons (Fsp3) is 0.444. The van der Waals surface area contributed by atoms with Gasteiger partial charge in [0.15, 0.2) is 0 Å². The van der Waals surface area contributed by atoms with Gasteiger partial charge in [-0.05, 0) is 6.07 Å². The zero-order valence-corrected chi connectivity index (χ0v) is 9.16. The molecule has 0 unspecified atom stereocenters. The van der Waals surface area contributed by atoms with Crippen LogP contribution in [0.4, 0.5) is 0 Å². The van der Waals surface area contributed by atoms with Gasteiger partial charge in [0, 0.05) is 18.9 Å². The van der Waals surface area contributed by atoms with Gasteiger partial charge >= 0.3 is 0 Å². The van der Waals surface area contributed by atoms with Crippen molar-refractivity contribution in [2.75, 3.05) is 12.0 Å². The highest BCUT2D eigenvalue weighted by atomic mass is 32.2. The summed E-state index contributed by atoms with van der Waals surface area (Å²) in [5.41, 5.74) is 0.621. The summed E-state index contributed by atoms with van der Waals surface area (Å²) < 4.78 is 21.8. The molecule has 0 aliphatic carbocycles. The molecule has 5 nitrogen and oxygen atoms in total. The van der Waals surface area contributed by atoms with E-state index in [2.05, 4.69) is 9.97 Å². The SMILES string of the molecule is CS(=O)(=O)CCc1nccc(CC#N)n1. The Bertz CT molecular complexity index is 476. The van der Waals surface area contributed by atoms with Crippen molar-refractivity contribution in [3.63, 3.8) is 0 Å². The van der Waals surface area contributed by atoms with Crippen LogP contribution >= 0.6 is 0 Å². The molecule has 0 aromatic carbocycles. The first-order valence-electron chi connectivity index (χ1n) is 4.37. The lowest BCUT2D eigenvalue weighted by Gasteiger charge is -2.00. The predicted octanol–water partition coefficient (Wildman–Crippen LogP) is 0.130. The van der Waals surface area contributed by atoms with E-state index in [1.54, 1.807) is 6.07 Å². The summed E-state index contributed by atoms with van der Waals surface area (Å²) in [5, 5.41) is 8.46. The normalized spacial score (nSPS) is 10.9. The van der Waals surface area contributed by atoms with Gasteiger partial charge in [0.1, 0.15) is 15.7 Å². The molecule has 80 valence electrons. The maximum Gasteiger partial charge on any atom is 0.147 e. The highest BCUT2D eigenvalue weighted by molar-refractivity contribution is 7.90. The average molecular weight is 225 g/mol. The van der Waals surface area contributed by atoms with E-state index in [9.17, 15) is 8.42 Å². The third-order valence-electron chi connectivity index (χ3n) is 1.72. The molecule has 1 rings (SSSR count). The largest absolute Gasteiger partial charge is 0.241 e. The number of aryl methyl sites for hydroxylation is 1. The maximum absolute atomic E-state index is 10.9. The molecule has 0 atom stereocenters. The van der Waals surface area contributed by atoms with E-state index in [0.717, 1.165) is 0 Å². The van der Waals surface area contributed by atoms with Crippen LogP contribution in [0.25, 0.3) is 0 Å². The zero-order chi connectivity index (χ0) is 11.3. The van der Waals surface area contributed by atoms with Crippen LogP contribution in [0.3, 0.4) is 0 Å². The number of aromatic nitrogens is 2. The topological polar surface area (TPSA) is 83.7 Å². The van der Waals surface area contributed by atoms with E-state index in [-0.39, 0.29) is 18.6 Å². The monoisotopic (exact) mass is 225 g/mol. The van der Waals surface area contributed by atoms with Crippen molar-refractivity contribution in [3.8, 4) is 6.07 Å². The van der Waals surface area contributed by atoms with Gasteiger partial charge in [-0.1, -0.05) is 0 Å². The average Bonchev–Trinajstić information content (AvgIpc) is 2.15. The van der Waals surface area contributed by atoms with Crippen molar-refractivity contribution in [1.29, 1.82) is 5.26 Å². The van der Waals surface area contributed by atoms with Gasteiger partial charge in [-0.25, -0.2) is 18.4 Å². The fourth-order valence-electron chi connectivity index (χ4n) is 1.02. The molecule has 0 N–H and O–H groups in total. The van der Waals surface area contributed by atoms with E-state index in [0.29, 0.717) is 11.5 Å². The van der Waals surface area contributed by atoms with Crippen LogP contribution in [0.5, 0.6) is 0 Å². The second kappa shape index (κ2) is 4.84. The molecule has 15 heavy (non-hydrogen) atoms. The molecule has 1 heterocycles. The first-order chi connectivity index (χ1) is 7.01. The smallest absolute Gasteiger partial charge is 0.147 e. The van der Waals surface area contributed by atoms with Crippen LogP contribution in [0, 0.1) is 11.3 Å². The molecule has 1 aromatic heterocycles. The number of hydrogen-bond acceptors (Lipinski definition) is 5. The van der Waals surface area contributed by atoms with Crippen LogP contribution < -0.4 is 0 Å². The Morgan fingerprint density at radius 1 is 1.53 bits per heavy atom. The van der Waals surface area contributed by atoms with Crippen molar-refractivity contribution >= 4 is 9.84 Å². The van der Waals surface area contributed by atoms with Gasteiger partial charge < -0.3 is 0 Å². The lowest BCUT2D eigenvalue weighted by molar-refractivity contribution is 0.600. The molecule has 0 bridgehead atoms. The van der Waals surface area contributed by atoms with Gasteiger partial charge in [-0.3, -0.25) is 0 Å². The summed E-state index contributed by atoms with van der Waals surface area (Å²) in [6.07, 6.45) is 3.22. The number of nitrogens with zero attached hydrogens (tertiary/aromatic N) is 3. The Morgan fingerprint density at radius 2 is 2.27 bits per heavy atom. The quantitative estimate of drug-likeness (QED) is 0.727. The minimum Gasteiger partial charge on any atom is -0.241 e.